The summed E-state index contributed by atoms with van der Waals surface area (Å²) in [5.41, 5.74) is 4.52. The molecule has 0 radical (unpaired) electrons. The molecule has 0 spiro atoms. The van der Waals surface area contributed by atoms with E-state index in [0.29, 0.717) is 0 Å². The van der Waals surface area contributed by atoms with Crippen molar-refractivity contribution in [3.8, 4) is 0 Å². The summed E-state index contributed by atoms with van der Waals surface area (Å²) in [6, 6.07) is 8.04. The van der Waals surface area contributed by atoms with E-state index in [2.05, 4.69) is 28.4 Å². The average Bonchev–Trinajstić information content (AvgIpc) is 2.83. The van der Waals surface area contributed by atoms with Gasteiger partial charge in [-0.2, -0.15) is 0 Å². The maximum atomic E-state index is 4.55. The number of hydrogen-bond donors (Lipinski definition) is 1. The predicted octanol–water partition coefficient (Wildman–Crippen LogP) is 2.33. The van der Waals surface area contributed by atoms with Gasteiger partial charge in [-0.15, -0.1) is 0 Å². The number of rotatable bonds is 4. The second-order valence-corrected chi connectivity index (χ2v) is 4.60. The fraction of sp³-hybridized carbons (Fsp3) is 0.200. The lowest BCUT2D eigenvalue weighted by molar-refractivity contribution is 0.678. The number of hydrogen-bond acceptors (Lipinski definition) is 3. The van der Waals surface area contributed by atoms with Crippen molar-refractivity contribution in [2.45, 2.75) is 20.0 Å². The van der Waals surface area contributed by atoms with Gasteiger partial charge in [-0.1, -0.05) is 6.07 Å². The molecule has 0 unspecified atom stereocenters. The molecule has 0 amide bonds. The third-order valence-electron chi connectivity index (χ3n) is 3.18. The smallest absolute Gasteiger partial charge is 0.137 e. The number of aryl methyl sites for hydroxylation is 1. The van der Waals surface area contributed by atoms with Crippen molar-refractivity contribution in [3.05, 3.63) is 65.9 Å². The van der Waals surface area contributed by atoms with E-state index >= 15 is 0 Å². The molecule has 0 aliphatic heterocycles. The van der Waals surface area contributed by atoms with Gasteiger partial charge in [0.25, 0.3) is 0 Å². The van der Waals surface area contributed by atoms with Gasteiger partial charge in [-0.3, -0.25) is 4.98 Å². The van der Waals surface area contributed by atoms with Crippen LogP contribution in [-0.2, 0) is 13.1 Å². The summed E-state index contributed by atoms with van der Waals surface area (Å²) in [5, 5.41) is 3.40. The van der Waals surface area contributed by atoms with Crippen molar-refractivity contribution in [1.82, 2.24) is 19.7 Å². The predicted molar refractivity (Wildman–Crippen MR) is 74.7 cm³/mol. The summed E-state index contributed by atoms with van der Waals surface area (Å²) in [7, 11) is 0. The molecule has 96 valence electrons. The Morgan fingerprint density at radius 1 is 1.21 bits per heavy atom. The van der Waals surface area contributed by atoms with Crippen LogP contribution in [0.3, 0.4) is 0 Å². The van der Waals surface area contributed by atoms with Crippen molar-refractivity contribution in [1.29, 1.82) is 0 Å². The number of pyridine rings is 2. The van der Waals surface area contributed by atoms with Crippen molar-refractivity contribution in [2.24, 2.45) is 0 Å². The van der Waals surface area contributed by atoms with E-state index in [4.69, 9.17) is 0 Å². The Kier molecular flexibility index (Phi) is 3.25. The molecule has 0 saturated carbocycles. The Labute approximate surface area is 112 Å². The third-order valence-corrected chi connectivity index (χ3v) is 3.18. The zero-order chi connectivity index (χ0) is 13.1. The van der Waals surface area contributed by atoms with Crippen LogP contribution in [0.5, 0.6) is 0 Å². The quantitative estimate of drug-likeness (QED) is 0.775. The van der Waals surface area contributed by atoms with Crippen LogP contribution in [0, 0.1) is 6.92 Å². The SMILES string of the molecule is Cc1ccncc1CNCc1cn2ccccc2n1. The molecular weight excluding hydrogens is 236 g/mol. The second-order valence-electron chi connectivity index (χ2n) is 4.60. The molecule has 4 heteroatoms. The maximum absolute atomic E-state index is 4.55. The normalized spacial score (nSPS) is 11.0. The van der Waals surface area contributed by atoms with Crippen LogP contribution in [0.25, 0.3) is 5.65 Å². The van der Waals surface area contributed by atoms with Crippen LogP contribution >= 0.6 is 0 Å². The van der Waals surface area contributed by atoms with Crippen LogP contribution in [0.4, 0.5) is 0 Å². The summed E-state index contributed by atoms with van der Waals surface area (Å²) >= 11 is 0. The first kappa shape index (κ1) is 11.9. The first-order chi connectivity index (χ1) is 9.33. The van der Waals surface area contributed by atoms with Crippen LogP contribution in [0.2, 0.25) is 0 Å². The molecule has 0 fully saturated rings. The van der Waals surface area contributed by atoms with Crippen molar-refractivity contribution in [2.75, 3.05) is 0 Å². The van der Waals surface area contributed by atoms with Crippen molar-refractivity contribution < 1.29 is 0 Å². The van der Waals surface area contributed by atoms with E-state index in [1.165, 1.54) is 11.1 Å². The van der Waals surface area contributed by atoms with E-state index in [0.717, 1.165) is 24.4 Å². The Balaban J connectivity index is 1.65. The molecular formula is C15H16N4. The third kappa shape index (κ3) is 2.63. The van der Waals surface area contributed by atoms with Crippen LogP contribution < -0.4 is 5.32 Å². The van der Waals surface area contributed by atoms with Crippen LogP contribution in [0.1, 0.15) is 16.8 Å². The van der Waals surface area contributed by atoms with Crippen molar-refractivity contribution in [3.63, 3.8) is 0 Å². The highest BCUT2D eigenvalue weighted by Gasteiger charge is 2.01. The molecule has 19 heavy (non-hydrogen) atoms. The van der Waals surface area contributed by atoms with Gasteiger partial charge < -0.3 is 9.72 Å². The Morgan fingerprint density at radius 2 is 2.16 bits per heavy atom. The fourth-order valence-corrected chi connectivity index (χ4v) is 2.08. The number of imidazole rings is 1. The molecule has 3 aromatic heterocycles. The topological polar surface area (TPSA) is 42.2 Å². The minimum absolute atomic E-state index is 0.760. The van der Waals surface area contributed by atoms with Crippen molar-refractivity contribution >= 4 is 5.65 Å². The van der Waals surface area contributed by atoms with Gasteiger partial charge in [0.2, 0.25) is 0 Å². The summed E-state index contributed by atoms with van der Waals surface area (Å²) in [5.74, 6) is 0. The lowest BCUT2D eigenvalue weighted by atomic mass is 10.1. The minimum Gasteiger partial charge on any atom is -0.307 e. The number of nitrogens with zero attached hydrogens (tertiary/aromatic N) is 3. The molecule has 4 nitrogen and oxygen atoms in total. The van der Waals surface area contributed by atoms with E-state index in [-0.39, 0.29) is 0 Å². The van der Waals surface area contributed by atoms with Gasteiger partial charge in [0.15, 0.2) is 0 Å². The van der Waals surface area contributed by atoms with Gasteiger partial charge in [-0.05, 0) is 36.2 Å². The molecule has 0 atom stereocenters. The molecule has 0 aliphatic rings. The van der Waals surface area contributed by atoms with E-state index in [1.54, 1.807) is 0 Å². The Hall–Kier alpha value is -2.20. The average molecular weight is 252 g/mol. The number of aromatic nitrogens is 3. The zero-order valence-corrected chi connectivity index (χ0v) is 10.9. The Bertz CT molecular complexity index is 654. The fourth-order valence-electron chi connectivity index (χ4n) is 2.08. The summed E-state index contributed by atoms with van der Waals surface area (Å²) in [6.07, 6.45) is 7.79. The molecule has 1 N–H and O–H groups in total. The zero-order valence-electron chi connectivity index (χ0n) is 10.9. The molecule has 3 rings (SSSR count). The minimum atomic E-state index is 0.760. The largest absolute Gasteiger partial charge is 0.307 e. The van der Waals surface area contributed by atoms with E-state index in [1.807, 2.05) is 47.3 Å². The standard InChI is InChI=1S/C15H16N4/c1-12-5-6-16-8-13(12)9-17-10-14-11-19-7-3-2-4-15(19)18-14/h2-8,11,17H,9-10H2,1H3. The number of nitrogens with one attached hydrogen (secondary N) is 1. The highest BCUT2D eigenvalue weighted by molar-refractivity contribution is 5.39. The van der Waals surface area contributed by atoms with E-state index < -0.39 is 0 Å². The van der Waals surface area contributed by atoms with Crippen LogP contribution in [-0.4, -0.2) is 14.4 Å². The summed E-state index contributed by atoms with van der Waals surface area (Å²) in [6.45, 7) is 3.67. The first-order valence-corrected chi connectivity index (χ1v) is 6.36. The van der Waals surface area contributed by atoms with Gasteiger partial charge >= 0.3 is 0 Å². The molecule has 3 aromatic rings. The molecule has 3 heterocycles. The lowest BCUT2D eigenvalue weighted by Crippen LogP contribution is -2.13. The highest BCUT2D eigenvalue weighted by atomic mass is 15.0. The molecule has 0 saturated heterocycles. The Morgan fingerprint density at radius 3 is 3.00 bits per heavy atom. The molecule has 0 aromatic carbocycles. The first-order valence-electron chi connectivity index (χ1n) is 6.36. The van der Waals surface area contributed by atoms with Gasteiger partial charge in [0.1, 0.15) is 5.65 Å². The van der Waals surface area contributed by atoms with E-state index in [9.17, 15) is 0 Å². The van der Waals surface area contributed by atoms with Gasteiger partial charge in [-0.25, -0.2) is 4.98 Å². The van der Waals surface area contributed by atoms with Crippen LogP contribution in [0.15, 0.2) is 49.1 Å². The lowest BCUT2D eigenvalue weighted by Gasteiger charge is -2.05. The molecule has 0 aliphatic carbocycles. The molecule has 0 bridgehead atoms. The maximum Gasteiger partial charge on any atom is 0.137 e. The highest BCUT2D eigenvalue weighted by Crippen LogP contribution is 2.06. The second kappa shape index (κ2) is 5.20. The monoisotopic (exact) mass is 252 g/mol. The number of fused-ring (bicyclic) bond motifs is 1. The summed E-state index contributed by atoms with van der Waals surface area (Å²) in [4.78, 5) is 8.70. The van der Waals surface area contributed by atoms with Gasteiger partial charge in [0.05, 0.1) is 5.69 Å². The summed E-state index contributed by atoms with van der Waals surface area (Å²) < 4.78 is 2.03. The van der Waals surface area contributed by atoms with Gasteiger partial charge in [0, 0.05) is 37.9 Å².